The van der Waals surface area contributed by atoms with Gasteiger partial charge in [-0.15, -0.1) is 0 Å². The third-order valence-electron chi connectivity index (χ3n) is 1.65. The normalized spacial score (nSPS) is 12.1. The third kappa shape index (κ3) is 1.39. The van der Waals surface area contributed by atoms with Gasteiger partial charge >= 0.3 is 7.11 Å². The summed E-state index contributed by atoms with van der Waals surface area (Å²) in [6, 6.07) is 0. The lowest BCUT2D eigenvalue weighted by Crippen LogP contribution is -2.56. The number of hydrogen-bond acceptors (Lipinski definition) is 0. The van der Waals surface area contributed by atoms with E-state index in [0.29, 0.717) is 4.48 Å². The van der Waals surface area contributed by atoms with Crippen LogP contribution in [0.2, 0.25) is 0 Å². The van der Waals surface area contributed by atoms with Crippen LogP contribution < -0.4 is 4.48 Å². The minimum Gasteiger partial charge on any atom is -0.404 e. The highest BCUT2D eigenvalue weighted by atomic mass is 19.4. The fourth-order valence-electron chi connectivity index (χ4n) is 0.879. The molecule has 0 fully saturated rings. The van der Waals surface area contributed by atoms with E-state index < -0.39 is 7.11 Å². The molecule has 0 unspecified atom stereocenters. The second kappa shape index (κ2) is 2.28. The summed E-state index contributed by atoms with van der Waals surface area (Å²) in [6.07, 6.45) is 2.40. The van der Waals surface area contributed by atoms with Crippen molar-refractivity contribution in [2.75, 3.05) is 0 Å². The predicted octanol–water partition coefficient (Wildman–Crippen LogP) is 0.813. The number of aromatic nitrogens is 2. The summed E-state index contributed by atoms with van der Waals surface area (Å²) in [5.41, 5.74) is 0. The van der Waals surface area contributed by atoms with Gasteiger partial charge in [0, 0.05) is 6.92 Å². The summed E-state index contributed by atoms with van der Waals surface area (Å²) < 4.78 is 38.0. The minimum absolute atomic E-state index is 0.192. The quantitative estimate of drug-likeness (QED) is 0.543. The zero-order valence-corrected chi connectivity index (χ0v) is 6.26. The van der Waals surface area contributed by atoms with Crippen LogP contribution in [0.25, 0.3) is 0 Å². The van der Waals surface area contributed by atoms with Crippen LogP contribution in [-0.2, 0) is 7.05 Å². The Hall–Kier alpha value is -0.935. The van der Waals surface area contributed by atoms with Crippen molar-refractivity contribution in [1.29, 1.82) is 0 Å². The molecule has 0 aliphatic rings. The number of rotatable bonds is 1. The van der Waals surface area contributed by atoms with Gasteiger partial charge in [0.25, 0.3) is 0 Å². The molecule has 0 aliphatic carbocycles. The predicted molar refractivity (Wildman–Crippen MR) is 34.8 cm³/mol. The maximum atomic E-state index is 12.1. The summed E-state index contributed by atoms with van der Waals surface area (Å²) in [5, 5.41) is 0. The average molecular weight is 164 g/mol. The van der Waals surface area contributed by atoms with E-state index in [1.165, 1.54) is 17.7 Å². The summed E-state index contributed by atoms with van der Waals surface area (Å²) in [4.78, 5) is 0. The van der Waals surface area contributed by atoms with Gasteiger partial charge in [-0.2, -0.15) is 0 Å². The second-order valence-electron chi connectivity index (χ2n) is 2.40. The number of hydrogen-bond donors (Lipinski definition) is 0. The SMILES string of the molecule is Cc1n(C)cc[n+]1[B-](F)(F)F. The van der Waals surface area contributed by atoms with Crippen molar-refractivity contribution in [3.8, 4) is 0 Å². The molecule has 1 heterocycles. The Bertz CT molecular complexity index is 265. The molecule has 2 nitrogen and oxygen atoms in total. The van der Waals surface area contributed by atoms with E-state index >= 15 is 0 Å². The summed E-state index contributed by atoms with van der Waals surface area (Å²) in [6.45, 7) is 1.43. The standard InChI is InChI=1S/C5H8BF3N2/c1-5-10(2)3-4-11(5)6(7,8)9/h3-4H,1-2H3. The van der Waals surface area contributed by atoms with Crippen LogP contribution in [0.1, 0.15) is 5.82 Å². The zero-order valence-electron chi connectivity index (χ0n) is 6.26. The number of halogens is 3. The monoisotopic (exact) mass is 164 g/mol. The molecule has 0 atom stereocenters. The Kier molecular flexibility index (Phi) is 1.70. The first-order chi connectivity index (χ1) is 4.93. The van der Waals surface area contributed by atoms with Crippen LogP contribution in [0, 0.1) is 6.92 Å². The second-order valence-corrected chi connectivity index (χ2v) is 2.40. The van der Waals surface area contributed by atoms with Crippen molar-refractivity contribution in [1.82, 2.24) is 4.57 Å². The summed E-state index contributed by atoms with van der Waals surface area (Å²) in [5.74, 6) is 0.192. The van der Waals surface area contributed by atoms with Gasteiger partial charge in [-0.25, -0.2) is 4.57 Å². The van der Waals surface area contributed by atoms with Crippen molar-refractivity contribution >= 4 is 7.11 Å². The molecule has 0 radical (unpaired) electrons. The summed E-state index contributed by atoms with van der Waals surface area (Å²) in [7, 11) is -3.34. The molecule has 0 N–H and O–H groups in total. The van der Waals surface area contributed by atoms with Crippen molar-refractivity contribution in [3.63, 3.8) is 0 Å². The van der Waals surface area contributed by atoms with Crippen molar-refractivity contribution in [2.45, 2.75) is 6.92 Å². The van der Waals surface area contributed by atoms with Gasteiger partial charge in [-0.3, -0.25) is 0 Å². The Morgan fingerprint density at radius 3 is 2.18 bits per heavy atom. The maximum Gasteiger partial charge on any atom is 0.709 e. The molecule has 62 valence electrons. The van der Waals surface area contributed by atoms with Gasteiger partial charge in [0.15, 0.2) is 0 Å². The van der Waals surface area contributed by atoms with Crippen LogP contribution >= 0.6 is 0 Å². The molecular weight excluding hydrogens is 156 g/mol. The van der Waals surface area contributed by atoms with Crippen molar-refractivity contribution < 1.29 is 17.4 Å². The van der Waals surface area contributed by atoms with E-state index in [1.54, 1.807) is 7.05 Å². The van der Waals surface area contributed by atoms with Crippen LogP contribution in [0.4, 0.5) is 12.9 Å². The summed E-state index contributed by atoms with van der Waals surface area (Å²) >= 11 is 0. The lowest BCUT2D eigenvalue weighted by atomic mass is 10.1. The number of aryl methyl sites for hydroxylation is 1. The molecule has 0 saturated heterocycles. The van der Waals surface area contributed by atoms with Crippen molar-refractivity contribution in [2.24, 2.45) is 7.05 Å². The van der Waals surface area contributed by atoms with E-state index in [2.05, 4.69) is 0 Å². The Morgan fingerprint density at radius 1 is 1.45 bits per heavy atom. The van der Waals surface area contributed by atoms with E-state index in [9.17, 15) is 12.9 Å². The molecule has 0 aromatic carbocycles. The highest BCUT2D eigenvalue weighted by Gasteiger charge is 2.36. The van der Waals surface area contributed by atoms with Crippen LogP contribution in [-0.4, -0.2) is 11.7 Å². The average Bonchev–Trinajstić information content (AvgIpc) is 2.11. The first kappa shape index (κ1) is 8.16. The van der Waals surface area contributed by atoms with Gasteiger partial charge in [-0.1, -0.05) is 0 Å². The lowest BCUT2D eigenvalue weighted by Gasteiger charge is -2.10. The van der Waals surface area contributed by atoms with Gasteiger partial charge in [0.2, 0.25) is 5.82 Å². The molecule has 1 aromatic heterocycles. The Balaban J connectivity index is 3.15. The van der Waals surface area contributed by atoms with Crippen LogP contribution in [0.15, 0.2) is 12.4 Å². The zero-order chi connectivity index (χ0) is 8.65. The molecule has 6 heteroatoms. The largest absolute Gasteiger partial charge is 0.709 e. The molecule has 0 saturated carbocycles. The molecular formula is C5H8BF3N2. The maximum absolute atomic E-state index is 12.1. The number of imidazole rings is 1. The lowest BCUT2D eigenvalue weighted by molar-refractivity contribution is -0.582. The van der Waals surface area contributed by atoms with Gasteiger partial charge < -0.3 is 17.4 Å². The topological polar surface area (TPSA) is 8.81 Å². The van der Waals surface area contributed by atoms with Gasteiger partial charge in [-0.05, 0) is 0 Å². The first-order valence-electron chi connectivity index (χ1n) is 3.16. The number of nitrogens with zero attached hydrogens (tertiary/aromatic N) is 2. The Labute approximate surface area is 62.3 Å². The minimum atomic E-state index is -4.91. The highest BCUT2D eigenvalue weighted by Crippen LogP contribution is 2.04. The highest BCUT2D eigenvalue weighted by molar-refractivity contribution is 6.48. The Morgan fingerprint density at radius 2 is 2.00 bits per heavy atom. The molecule has 0 spiro atoms. The van der Waals surface area contributed by atoms with Crippen molar-refractivity contribution in [3.05, 3.63) is 18.2 Å². The molecule has 0 aliphatic heterocycles. The first-order valence-corrected chi connectivity index (χ1v) is 3.16. The third-order valence-corrected chi connectivity index (χ3v) is 1.65. The van der Waals surface area contributed by atoms with Crippen LogP contribution in [0.5, 0.6) is 0 Å². The molecule has 1 rings (SSSR count). The van der Waals surface area contributed by atoms with E-state index in [1.807, 2.05) is 0 Å². The smallest absolute Gasteiger partial charge is 0.404 e. The van der Waals surface area contributed by atoms with E-state index in [4.69, 9.17) is 0 Å². The fourth-order valence-corrected chi connectivity index (χ4v) is 0.879. The molecule has 1 aromatic rings. The van der Waals surface area contributed by atoms with Crippen LogP contribution in [0.3, 0.4) is 0 Å². The van der Waals surface area contributed by atoms with E-state index in [-0.39, 0.29) is 5.82 Å². The molecule has 0 amide bonds. The molecule has 0 bridgehead atoms. The van der Waals surface area contributed by atoms with Gasteiger partial charge in [0.1, 0.15) is 6.20 Å². The molecule has 11 heavy (non-hydrogen) atoms. The van der Waals surface area contributed by atoms with E-state index in [0.717, 1.165) is 6.20 Å². The fraction of sp³-hybridized carbons (Fsp3) is 0.400. The van der Waals surface area contributed by atoms with Gasteiger partial charge in [0.05, 0.1) is 13.2 Å².